The van der Waals surface area contributed by atoms with Gasteiger partial charge in [0.15, 0.2) is 11.5 Å². The summed E-state index contributed by atoms with van der Waals surface area (Å²) in [6.07, 6.45) is 0.932. The van der Waals surface area contributed by atoms with Gasteiger partial charge in [-0.3, -0.25) is 0 Å². The lowest BCUT2D eigenvalue weighted by molar-refractivity contribution is 0.297. The molecular formula is C15H16ClNO2S. The van der Waals surface area contributed by atoms with Gasteiger partial charge >= 0.3 is 0 Å². The lowest BCUT2D eigenvalue weighted by Gasteiger charge is -2.09. The molecule has 1 aliphatic rings. The van der Waals surface area contributed by atoms with Gasteiger partial charge in [0.05, 0.1) is 17.6 Å². The number of hydrogen-bond donors (Lipinski definition) is 1. The van der Waals surface area contributed by atoms with E-state index in [0.29, 0.717) is 0 Å². The Morgan fingerprint density at radius 2 is 1.90 bits per heavy atom. The fraction of sp³-hybridized carbons (Fsp3) is 0.333. The maximum absolute atomic E-state index is 5.91. The highest BCUT2D eigenvalue weighted by Gasteiger charge is 2.10. The van der Waals surface area contributed by atoms with E-state index in [2.05, 4.69) is 17.4 Å². The number of thiophene rings is 1. The van der Waals surface area contributed by atoms with Crippen LogP contribution in [0.25, 0.3) is 0 Å². The number of ether oxygens (including phenoxy) is 2. The number of nitrogens with one attached hydrogen (secondary N) is 1. The molecule has 1 aromatic carbocycles. The predicted molar refractivity (Wildman–Crippen MR) is 81.9 cm³/mol. The Morgan fingerprint density at radius 3 is 2.70 bits per heavy atom. The minimum absolute atomic E-state index is 0.720. The van der Waals surface area contributed by atoms with Crippen molar-refractivity contribution in [2.24, 2.45) is 0 Å². The zero-order valence-electron chi connectivity index (χ0n) is 11.0. The summed E-state index contributed by atoms with van der Waals surface area (Å²) in [5.74, 6) is 1.69. The summed E-state index contributed by atoms with van der Waals surface area (Å²) in [5.41, 5.74) is 1.19. The third-order valence-corrected chi connectivity index (χ3v) is 4.30. The molecule has 0 amide bonds. The molecule has 5 heteroatoms. The fourth-order valence-electron chi connectivity index (χ4n) is 2.09. The van der Waals surface area contributed by atoms with Crippen LogP contribution in [0.4, 0.5) is 0 Å². The SMILES string of the molecule is Clc1ccc(CNCc2ccc3c(c2)OCCCO3)s1. The highest BCUT2D eigenvalue weighted by molar-refractivity contribution is 7.16. The smallest absolute Gasteiger partial charge is 0.161 e. The van der Waals surface area contributed by atoms with Gasteiger partial charge in [-0.15, -0.1) is 11.3 Å². The molecule has 0 atom stereocenters. The standard InChI is InChI=1S/C15H16ClNO2S/c16-15-5-3-12(20-15)10-17-9-11-2-4-13-14(8-11)19-7-1-6-18-13/h2-5,8,17H,1,6-7,9-10H2. The van der Waals surface area contributed by atoms with Crippen molar-refractivity contribution >= 4 is 22.9 Å². The molecule has 20 heavy (non-hydrogen) atoms. The second-order valence-corrected chi connectivity index (χ2v) is 6.44. The first kappa shape index (κ1) is 13.7. The summed E-state index contributed by atoms with van der Waals surface area (Å²) in [5, 5.41) is 3.41. The Kier molecular flexibility index (Phi) is 4.45. The van der Waals surface area contributed by atoms with Crippen LogP contribution in [0.3, 0.4) is 0 Å². The van der Waals surface area contributed by atoms with E-state index in [-0.39, 0.29) is 0 Å². The molecule has 0 radical (unpaired) electrons. The summed E-state index contributed by atoms with van der Waals surface area (Å²) < 4.78 is 12.1. The van der Waals surface area contributed by atoms with Gasteiger partial charge in [-0.05, 0) is 29.8 Å². The Morgan fingerprint density at radius 1 is 1.05 bits per heavy atom. The first-order chi connectivity index (χ1) is 9.81. The summed E-state index contributed by atoms with van der Waals surface area (Å²) >= 11 is 7.52. The van der Waals surface area contributed by atoms with Crippen molar-refractivity contribution in [2.45, 2.75) is 19.5 Å². The van der Waals surface area contributed by atoms with Crippen LogP contribution in [0.1, 0.15) is 16.9 Å². The quantitative estimate of drug-likeness (QED) is 0.930. The van der Waals surface area contributed by atoms with Gasteiger partial charge in [0, 0.05) is 24.4 Å². The van der Waals surface area contributed by atoms with E-state index in [4.69, 9.17) is 21.1 Å². The minimum Gasteiger partial charge on any atom is -0.490 e. The van der Waals surface area contributed by atoms with E-state index in [1.54, 1.807) is 11.3 Å². The highest BCUT2D eigenvalue weighted by Crippen LogP contribution is 2.30. The zero-order valence-corrected chi connectivity index (χ0v) is 12.6. The van der Waals surface area contributed by atoms with Gasteiger partial charge in [-0.25, -0.2) is 0 Å². The molecule has 2 aromatic rings. The molecule has 0 saturated carbocycles. The molecular weight excluding hydrogens is 294 g/mol. The average molecular weight is 310 g/mol. The Bertz CT molecular complexity index is 585. The first-order valence-electron chi connectivity index (χ1n) is 6.65. The highest BCUT2D eigenvalue weighted by atomic mass is 35.5. The molecule has 0 unspecified atom stereocenters. The predicted octanol–water partition coefficient (Wildman–Crippen LogP) is 3.85. The Labute approximate surface area is 127 Å². The van der Waals surface area contributed by atoms with E-state index in [1.165, 1.54) is 10.4 Å². The second kappa shape index (κ2) is 6.48. The van der Waals surface area contributed by atoms with Crippen LogP contribution < -0.4 is 14.8 Å². The number of benzene rings is 1. The molecule has 0 fully saturated rings. The maximum atomic E-state index is 5.91. The van der Waals surface area contributed by atoms with E-state index < -0.39 is 0 Å². The average Bonchev–Trinajstić information content (AvgIpc) is 2.73. The lowest BCUT2D eigenvalue weighted by Crippen LogP contribution is -2.11. The molecule has 0 bridgehead atoms. The summed E-state index contributed by atoms with van der Waals surface area (Å²) in [4.78, 5) is 1.24. The fourth-order valence-corrected chi connectivity index (χ4v) is 3.15. The van der Waals surface area contributed by atoms with Crippen molar-refractivity contribution in [3.63, 3.8) is 0 Å². The largest absolute Gasteiger partial charge is 0.490 e. The van der Waals surface area contributed by atoms with E-state index in [1.807, 2.05) is 18.2 Å². The number of halogens is 1. The van der Waals surface area contributed by atoms with Crippen molar-refractivity contribution in [3.05, 3.63) is 45.1 Å². The first-order valence-corrected chi connectivity index (χ1v) is 7.84. The molecule has 106 valence electrons. The lowest BCUT2D eigenvalue weighted by atomic mass is 10.2. The van der Waals surface area contributed by atoms with Gasteiger partial charge < -0.3 is 14.8 Å². The van der Waals surface area contributed by atoms with Crippen LogP contribution in [0.5, 0.6) is 11.5 Å². The molecule has 2 heterocycles. The van der Waals surface area contributed by atoms with Gasteiger partial charge in [0.1, 0.15) is 0 Å². The third-order valence-electron chi connectivity index (χ3n) is 3.07. The van der Waals surface area contributed by atoms with E-state index in [0.717, 1.165) is 48.6 Å². The van der Waals surface area contributed by atoms with Crippen molar-refractivity contribution in [2.75, 3.05) is 13.2 Å². The van der Waals surface area contributed by atoms with Crippen LogP contribution in [-0.2, 0) is 13.1 Å². The zero-order chi connectivity index (χ0) is 13.8. The molecule has 1 aliphatic heterocycles. The molecule has 1 aromatic heterocycles. The molecule has 0 spiro atoms. The topological polar surface area (TPSA) is 30.5 Å². The van der Waals surface area contributed by atoms with Crippen molar-refractivity contribution < 1.29 is 9.47 Å². The minimum atomic E-state index is 0.720. The normalized spacial score (nSPS) is 14.1. The number of rotatable bonds is 4. The van der Waals surface area contributed by atoms with Crippen molar-refractivity contribution in [1.29, 1.82) is 0 Å². The number of hydrogen-bond acceptors (Lipinski definition) is 4. The molecule has 0 aliphatic carbocycles. The number of fused-ring (bicyclic) bond motifs is 1. The van der Waals surface area contributed by atoms with E-state index >= 15 is 0 Å². The summed E-state index contributed by atoms with van der Waals surface area (Å²) in [6, 6.07) is 10.1. The Balaban J connectivity index is 1.59. The summed E-state index contributed by atoms with van der Waals surface area (Å²) in [6.45, 7) is 3.07. The van der Waals surface area contributed by atoms with Crippen LogP contribution in [0, 0.1) is 0 Å². The second-order valence-electron chi connectivity index (χ2n) is 4.64. The van der Waals surface area contributed by atoms with Crippen molar-refractivity contribution in [3.8, 4) is 11.5 Å². The van der Waals surface area contributed by atoms with Crippen LogP contribution in [0.2, 0.25) is 4.34 Å². The Hall–Kier alpha value is -1.23. The van der Waals surface area contributed by atoms with E-state index in [9.17, 15) is 0 Å². The van der Waals surface area contributed by atoms with Gasteiger partial charge in [-0.1, -0.05) is 17.7 Å². The monoisotopic (exact) mass is 309 g/mol. The van der Waals surface area contributed by atoms with Gasteiger partial charge in [-0.2, -0.15) is 0 Å². The van der Waals surface area contributed by atoms with Crippen molar-refractivity contribution in [1.82, 2.24) is 5.32 Å². The van der Waals surface area contributed by atoms with Crippen LogP contribution >= 0.6 is 22.9 Å². The third kappa shape index (κ3) is 3.45. The molecule has 3 rings (SSSR count). The van der Waals surface area contributed by atoms with Gasteiger partial charge in [0.25, 0.3) is 0 Å². The maximum Gasteiger partial charge on any atom is 0.161 e. The summed E-state index contributed by atoms with van der Waals surface area (Å²) in [7, 11) is 0. The molecule has 0 saturated heterocycles. The van der Waals surface area contributed by atoms with Crippen LogP contribution in [-0.4, -0.2) is 13.2 Å². The molecule has 3 nitrogen and oxygen atoms in total. The van der Waals surface area contributed by atoms with Crippen LogP contribution in [0.15, 0.2) is 30.3 Å². The molecule has 1 N–H and O–H groups in total. The van der Waals surface area contributed by atoms with Gasteiger partial charge in [0.2, 0.25) is 0 Å².